The fourth-order valence-electron chi connectivity index (χ4n) is 10.6. The molecule has 1 amide bonds. The summed E-state index contributed by atoms with van der Waals surface area (Å²) in [6, 6.07) is 7.04. The van der Waals surface area contributed by atoms with E-state index in [1.165, 1.54) is 0 Å². The maximum atomic E-state index is 14.6. The number of esters is 1. The Hall–Kier alpha value is -3.80. The number of rotatable bonds is 7. The third-order valence-corrected chi connectivity index (χ3v) is 13.6. The topological polar surface area (TPSA) is 176 Å². The van der Waals surface area contributed by atoms with Crippen LogP contribution in [0.15, 0.2) is 40.6 Å². The summed E-state index contributed by atoms with van der Waals surface area (Å²) in [4.78, 5) is 43.0. The molecular weight excluding hydrogens is 773 g/mol. The highest BCUT2D eigenvalue weighted by molar-refractivity contribution is 5.91. The van der Waals surface area contributed by atoms with E-state index in [0.717, 1.165) is 22.2 Å². The molecule has 0 spiro atoms. The molecule has 0 unspecified atom stereocenters. The molecule has 5 aliphatic rings. The fourth-order valence-corrected chi connectivity index (χ4v) is 10.6. The van der Waals surface area contributed by atoms with Crippen molar-refractivity contribution >= 4 is 34.4 Å². The van der Waals surface area contributed by atoms with Crippen LogP contribution < -0.4 is 0 Å². The lowest BCUT2D eigenvalue weighted by atomic mass is 9.72. The number of fused-ring (bicyclic) bond motifs is 5. The zero-order valence-corrected chi connectivity index (χ0v) is 36.8. The molecule has 6 heterocycles. The smallest absolute Gasteiger partial charge is 0.410 e. The lowest BCUT2D eigenvalue weighted by Crippen LogP contribution is -2.60. The van der Waals surface area contributed by atoms with Gasteiger partial charge in [-0.3, -0.25) is 14.7 Å². The zero-order chi connectivity index (χ0) is 43.1. The number of amides is 1. The highest BCUT2D eigenvalue weighted by atomic mass is 16.7. The maximum absolute atomic E-state index is 14.6. The van der Waals surface area contributed by atoms with E-state index in [9.17, 15) is 14.7 Å². The number of hydrogen-bond donors (Lipinski definition) is 1. The maximum Gasteiger partial charge on any atom is 0.410 e. The second-order valence-corrected chi connectivity index (χ2v) is 18.2. The van der Waals surface area contributed by atoms with Gasteiger partial charge in [0.05, 0.1) is 67.3 Å². The number of likely N-dealkylation sites (N-methyl/N-ethyl adjacent to an activating group) is 1. The number of aliphatic hydroxyl groups excluding tert-OH is 1. The molecule has 60 heavy (non-hydrogen) atoms. The molecule has 1 N–H and O–H groups in total. The molecule has 4 bridgehead atoms. The summed E-state index contributed by atoms with van der Waals surface area (Å²) in [7, 11) is 3.87. The number of aliphatic imine (C=N–C) groups is 1. The summed E-state index contributed by atoms with van der Waals surface area (Å²) in [5.41, 5.74) is 0.698. The first-order chi connectivity index (χ1) is 28.6. The van der Waals surface area contributed by atoms with E-state index in [0.29, 0.717) is 38.1 Å². The van der Waals surface area contributed by atoms with Gasteiger partial charge in [0.1, 0.15) is 24.5 Å². The first kappa shape index (κ1) is 44.3. The third kappa shape index (κ3) is 8.52. The van der Waals surface area contributed by atoms with Gasteiger partial charge in [-0.25, -0.2) is 4.79 Å². The number of aromatic nitrogens is 2. The number of benzene rings is 1. The fraction of sp³-hybridized carbons (Fsp3) is 0.727. The van der Waals surface area contributed by atoms with Gasteiger partial charge in [-0.15, -0.1) is 0 Å². The molecule has 4 fully saturated rings. The van der Waals surface area contributed by atoms with Gasteiger partial charge in [-0.05, 0) is 73.0 Å². The van der Waals surface area contributed by atoms with Gasteiger partial charge in [0.2, 0.25) is 0 Å². The lowest BCUT2D eigenvalue weighted by molar-refractivity contribution is -0.302. The molecule has 0 radical (unpaired) electrons. The van der Waals surface area contributed by atoms with Crippen molar-refractivity contribution in [1.82, 2.24) is 20.0 Å². The van der Waals surface area contributed by atoms with Crippen molar-refractivity contribution in [2.24, 2.45) is 33.8 Å². The summed E-state index contributed by atoms with van der Waals surface area (Å²) in [6.07, 6.45) is -1.84. The molecule has 0 saturated carbocycles. The van der Waals surface area contributed by atoms with Crippen LogP contribution in [0.25, 0.3) is 10.9 Å². The predicted octanol–water partition coefficient (Wildman–Crippen LogP) is 4.79. The van der Waals surface area contributed by atoms with Gasteiger partial charge in [-0.2, -0.15) is 10.2 Å². The molecule has 14 atom stereocenters. The van der Waals surface area contributed by atoms with E-state index in [1.54, 1.807) is 18.0 Å². The van der Waals surface area contributed by atoms with Crippen LogP contribution in [-0.4, -0.2) is 149 Å². The second kappa shape index (κ2) is 17.9. The standard InChI is InChI=1S/C44H64N6O10/c1-11-34-44(8)38-26(4)35(45-16-17-50(38)42(53)60-44)24(2)19-43(7)39(59-41-36(51)33(49(9)10)18-25(3)57-41)27(5)37(28(6)40(52)58-34)54-22-30(23-55-43)48-56-21-29-20-46-47-32-15-13-12-14-31(29)32/h12-15,20,24-28,33-34,36-39,41,51H,11,16-19,21-23H2,1-10H3/b48-30+/t24-,25+,26+,27+,28-,33-,34-,36+,37+,38-,39-,41-,43-,44-/m1/s1. The largest absolute Gasteiger partial charge is 0.458 e. The SMILES string of the molecule is CC[C@H]1OC(=O)[C@H](C)[C@H]2OC/C(=N\OCc3cnnc4ccccc34)CO[C@](C)(C[C@@H](C)C3=NCCN4C(=O)O[C@@]1(C)[C@H]4[C@H]3C)[C@H](O[C@H]1O[C@@H](C)C[C@@H](N(C)C)[C@@H]1O)[C@H]2C. The molecule has 16 heteroatoms. The van der Waals surface area contributed by atoms with Gasteiger partial charge >= 0.3 is 12.1 Å². The minimum Gasteiger partial charge on any atom is -0.458 e. The van der Waals surface area contributed by atoms with Crippen LogP contribution in [0.5, 0.6) is 0 Å². The Balaban J connectivity index is 1.31. The Morgan fingerprint density at radius 1 is 1.07 bits per heavy atom. The minimum atomic E-state index is -1.14. The first-order valence-corrected chi connectivity index (χ1v) is 21.6. The Bertz CT molecular complexity index is 1930. The molecule has 2 aromatic rings. The van der Waals surface area contributed by atoms with E-state index in [4.69, 9.17) is 38.3 Å². The summed E-state index contributed by atoms with van der Waals surface area (Å²) >= 11 is 0. The Kier molecular flexibility index (Phi) is 13.2. The van der Waals surface area contributed by atoms with E-state index >= 15 is 0 Å². The van der Waals surface area contributed by atoms with Crippen LogP contribution in [0.4, 0.5) is 4.79 Å². The average Bonchev–Trinajstić information content (AvgIpc) is 3.36. The number of nitrogens with zero attached hydrogens (tertiary/aromatic N) is 6. The van der Waals surface area contributed by atoms with Crippen molar-refractivity contribution in [2.45, 2.75) is 141 Å². The second-order valence-electron chi connectivity index (χ2n) is 18.2. The quantitative estimate of drug-likeness (QED) is 0.298. The minimum absolute atomic E-state index is 0.0122. The van der Waals surface area contributed by atoms with Crippen molar-refractivity contribution in [1.29, 1.82) is 0 Å². The molecule has 16 nitrogen and oxygen atoms in total. The zero-order valence-electron chi connectivity index (χ0n) is 36.8. The third-order valence-electron chi connectivity index (χ3n) is 13.6. The van der Waals surface area contributed by atoms with Crippen molar-refractivity contribution in [3.8, 4) is 0 Å². The number of carbonyl (C=O) groups is 2. The molecule has 5 aliphatic heterocycles. The number of carbonyl (C=O) groups excluding carboxylic acids is 2. The summed E-state index contributed by atoms with van der Waals surface area (Å²) in [5, 5.41) is 25.6. The van der Waals surface area contributed by atoms with E-state index in [-0.39, 0.29) is 43.8 Å². The van der Waals surface area contributed by atoms with E-state index in [1.807, 2.05) is 77.9 Å². The summed E-state index contributed by atoms with van der Waals surface area (Å²) in [6.45, 7) is 16.7. The molecule has 7 rings (SSSR count). The number of oxime groups is 1. The number of aliphatic hydroxyl groups is 1. The van der Waals surface area contributed by atoms with Crippen molar-refractivity contribution in [2.75, 3.05) is 40.4 Å². The van der Waals surface area contributed by atoms with Gasteiger partial charge < -0.3 is 43.3 Å². The number of hydrogen-bond acceptors (Lipinski definition) is 15. The molecule has 1 aromatic heterocycles. The monoisotopic (exact) mass is 836 g/mol. The Morgan fingerprint density at radius 2 is 1.83 bits per heavy atom. The Labute approximate surface area is 353 Å². The van der Waals surface area contributed by atoms with Crippen LogP contribution in [-0.2, 0) is 44.7 Å². The molecular formula is C44H64N6O10. The molecule has 330 valence electrons. The normalized spacial score (nSPS) is 39.9. The molecule has 0 aliphatic carbocycles. The van der Waals surface area contributed by atoms with E-state index < -0.39 is 71.8 Å². The summed E-state index contributed by atoms with van der Waals surface area (Å²) < 4.78 is 39.9. The van der Waals surface area contributed by atoms with Gasteiger partial charge in [0, 0.05) is 41.1 Å². The van der Waals surface area contributed by atoms with Crippen molar-refractivity contribution in [3.05, 3.63) is 36.0 Å². The van der Waals surface area contributed by atoms with Crippen LogP contribution >= 0.6 is 0 Å². The van der Waals surface area contributed by atoms with Gasteiger partial charge in [-0.1, -0.05) is 51.0 Å². The Morgan fingerprint density at radius 3 is 2.58 bits per heavy atom. The average molecular weight is 837 g/mol. The van der Waals surface area contributed by atoms with Crippen LogP contribution in [0.1, 0.15) is 80.2 Å². The lowest BCUT2D eigenvalue weighted by Gasteiger charge is -2.48. The van der Waals surface area contributed by atoms with E-state index in [2.05, 4.69) is 29.2 Å². The highest BCUT2D eigenvalue weighted by Gasteiger charge is 2.60. The number of ether oxygens (including phenoxy) is 6. The van der Waals surface area contributed by atoms with Gasteiger partial charge in [0.25, 0.3) is 0 Å². The van der Waals surface area contributed by atoms with Crippen molar-refractivity contribution in [3.63, 3.8) is 0 Å². The van der Waals surface area contributed by atoms with Gasteiger partial charge in [0.15, 0.2) is 11.9 Å². The van der Waals surface area contributed by atoms with Crippen molar-refractivity contribution < 1.29 is 48.0 Å². The summed E-state index contributed by atoms with van der Waals surface area (Å²) in [5.74, 6) is -2.29. The molecule has 4 saturated heterocycles. The highest BCUT2D eigenvalue weighted by Crippen LogP contribution is 2.45. The van der Waals surface area contributed by atoms with Crippen LogP contribution in [0, 0.1) is 23.7 Å². The number of cyclic esters (lactones) is 1. The first-order valence-electron chi connectivity index (χ1n) is 21.6. The predicted molar refractivity (Wildman–Crippen MR) is 222 cm³/mol. The van der Waals surface area contributed by atoms with Crippen LogP contribution in [0.2, 0.25) is 0 Å². The molecule has 1 aromatic carbocycles. The van der Waals surface area contributed by atoms with Crippen LogP contribution in [0.3, 0.4) is 0 Å².